The van der Waals surface area contributed by atoms with Gasteiger partial charge in [-0.1, -0.05) is 11.6 Å². The Balaban J connectivity index is 1.77. The Morgan fingerprint density at radius 1 is 1.19 bits per heavy atom. The Morgan fingerprint density at radius 2 is 1.93 bits per heavy atom. The lowest BCUT2D eigenvalue weighted by atomic mass is 9.75. The second-order valence-electron chi connectivity index (χ2n) is 9.00. The van der Waals surface area contributed by atoms with Crippen molar-refractivity contribution in [2.24, 2.45) is 11.8 Å². The molecule has 6 nitrogen and oxygen atoms in total. The number of nitrogens with one attached hydrogen (secondary N) is 1. The largest absolute Gasteiger partial charge is 0.324 e. The third-order valence-electron chi connectivity index (χ3n) is 6.63. The van der Waals surface area contributed by atoms with Gasteiger partial charge in [0.05, 0.1) is 11.8 Å². The molecule has 1 aromatic carbocycles. The van der Waals surface area contributed by atoms with Crippen molar-refractivity contribution >= 4 is 35.0 Å². The van der Waals surface area contributed by atoms with Gasteiger partial charge >= 0.3 is 0 Å². The zero-order chi connectivity index (χ0) is 19.3. The van der Waals surface area contributed by atoms with Crippen LogP contribution in [-0.4, -0.2) is 45.6 Å². The van der Waals surface area contributed by atoms with E-state index in [9.17, 15) is 14.4 Å². The second-order valence-corrected chi connectivity index (χ2v) is 9.44. The summed E-state index contributed by atoms with van der Waals surface area (Å²) in [6.07, 6.45) is 1.74. The lowest BCUT2D eigenvalue weighted by Crippen LogP contribution is -2.56. The SMILES string of the molecule is CC(C)(C)N1C(=O)[C@@H]2[C@H]3CCCN3[C@]3(C(=O)Nc4ccc(Cl)cc43)[C@@H]2C1=O. The van der Waals surface area contributed by atoms with E-state index in [4.69, 9.17) is 11.6 Å². The Morgan fingerprint density at radius 3 is 2.63 bits per heavy atom. The molecule has 3 saturated heterocycles. The fourth-order valence-electron chi connectivity index (χ4n) is 5.84. The number of halogens is 1. The van der Waals surface area contributed by atoms with Gasteiger partial charge in [0, 0.05) is 27.9 Å². The van der Waals surface area contributed by atoms with Gasteiger partial charge in [-0.05, 0) is 58.4 Å². The fraction of sp³-hybridized carbons (Fsp3) is 0.550. The zero-order valence-electron chi connectivity index (χ0n) is 15.6. The number of carbonyl (C=O) groups is 3. The highest BCUT2D eigenvalue weighted by Gasteiger charge is 2.75. The summed E-state index contributed by atoms with van der Waals surface area (Å²) in [4.78, 5) is 43.7. The molecule has 0 bridgehead atoms. The first-order valence-electron chi connectivity index (χ1n) is 9.45. The first-order chi connectivity index (χ1) is 12.7. The van der Waals surface area contributed by atoms with Crippen LogP contribution < -0.4 is 5.32 Å². The van der Waals surface area contributed by atoms with Crippen LogP contribution in [0.1, 0.15) is 39.2 Å². The molecule has 1 spiro atoms. The molecule has 0 aliphatic carbocycles. The maximum atomic E-state index is 13.5. The number of likely N-dealkylation sites (tertiary alicyclic amines) is 1. The number of fused-ring (bicyclic) bond motifs is 7. The summed E-state index contributed by atoms with van der Waals surface area (Å²) in [5.41, 5.74) is -0.338. The van der Waals surface area contributed by atoms with E-state index in [1.165, 1.54) is 4.90 Å². The van der Waals surface area contributed by atoms with Crippen LogP contribution in [0.4, 0.5) is 5.69 Å². The van der Waals surface area contributed by atoms with Gasteiger partial charge in [-0.25, -0.2) is 0 Å². The van der Waals surface area contributed by atoms with E-state index in [2.05, 4.69) is 10.2 Å². The highest BCUT2D eigenvalue weighted by Crippen LogP contribution is 2.61. The summed E-state index contributed by atoms with van der Waals surface area (Å²) in [7, 11) is 0. The van der Waals surface area contributed by atoms with Crippen LogP contribution >= 0.6 is 11.6 Å². The quantitative estimate of drug-likeness (QED) is 0.694. The van der Waals surface area contributed by atoms with Crippen molar-refractivity contribution in [1.82, 2.24) is 9.80 Å². The van der Waals surface area contributed by atoms with Crippen molar-refractivity contribution < 1.29 is 14.4 Å². The second kappa shape index (κ2) is 5.11. The third-order valence-corrected chi connectivity index (χ3v) is 6.86. The molecule has 3 fully saturated rings. The molecule has 4 heterocycles. The molecule has 7 heteroatoms. The molecule has 1 aromatic rings. The molecule has 0 saturated carbocycles. The van der Waals surface area contributed by atoms with E-state index in [1.54, 1.807) is 18.2 Å². The molecular formula is C20H22ClN3O3. The summed E-state index contributed by atoms with van der Waals surface area (Å²) in [5, 5.41) is 3.47. The van der Waals surface area contributed by atoms with E-state index >= 15 is 0 Å². The molecule has 3 amide bonds. The maximum absolute atomic E-state index is 13.5. The van der Waals surface area contributed by atoms with Crippen LogP contribution in [-0.2, 0) is 19.9 Å². The van der Waals surface area contributed by atoms with Crippen LogP contribution in [0.5, 0.6) is 0 Å². The van der Waals surface area contributed by atoms with Crippen LogP contribution in [0.2, 0.25) is 5.02 Å². The van der Waals surface area contributed by atoms with Gasteiger partial charge in [-0.2, -0.15) is 0 Å². The van der Waals surface area contributed by atoms with Crippen molar-refractivity contribution in [2.75, 3.05) is 11.9 Å². The average molecular weight is 388 g/mol. The molecule has 4 aliphatic heterocycles. The highest BCUT2D eigenvalue weighted by atomic mass is 35.5. The molecule has 5 rings (SSSR count). The van der Waals surface area contributed by atoms with E-state index < -0.39 is 22.9 Å². The van der Waals surface area contributed by atoms with Crippen molar-refractivity contribution in [1.29, 1.82) is 0 Å². The Hall–Kier alpha value is -1.92. The van der Waals surface area contributed by atoms with Gasteiger partial charge < -0.3 is 5.32 Å². The minimum absolute atomic E-state index is 0.0884. The zero-order valence-corrected chi connectivity index (χ0v) is 16.3. The van der Waals surface area contributed by atoms with Gasteiger partial charge in [-0.15, -0.1) is 0 Å². The minimum Gasteiger partial charge on any atom is -0.324 e. The average Bonchev–Trinajstić information content (AvgIpc) is 3.25. The molecule has 0 radical (unpaired) electrons. The fourth-order valence-corrected chi connectivity index (χ4v) is 6.01. The van der Waals surface area contributed by atoms with Crippen molar-refractivity contribution in [3.63, 3.8) is 0 Å². The number of rotatable bonds is 0. The Bertz CT molecular complexity index is 908. The number of hydrogen-bond acceptors (Lipinski definition) is 4. The number of nitrogens with zero attached hydrogens (tertiary/aromatic N) is 2. The van der Waals surface area contributed by atoms with Gasteiger partial charge in [0.25, 0.3) is 0 Å². The van der Waals surface area contributed by atoms with Crippen molar-refractivity contribution in [3.05, 3.63) is 28.8 Å². The molecular weight excluding hydrogens is 366 g/mol. The molecule has 4 atom stereocenters. The topological polar surface area (TPSA) is 69.7 Å². The summed E-state index contributed by atoms with van der Waals surface area (Å²) in [5.74, 6) is -1.77. The number of carbonyl (C=O) groups excluding carboxylic acids is 3. The van der Waals surface area contributed by atoms with E-state index in [0.717, 1.165) is 18.4 Å². The van der Waals surface area contributed by atoms with E-state index in [0.29, 0.717) is 17.3 Å². The molecule has 4 aliphatic rings. The van der Waals surface area contributed by atoms with Gasteiger partial charge in [0.2, 0.25) is 17.7 Å². The Kier molecular flexibility index (Phi) is 3.26. The van der Waals surface area contributed by atoms with Crippen LogP contribution in [0, 0.1) is 11.8 Å². The third kappa shape index (κ3) is 1.88. The number of anilines is 1. The molecule has 27 heavy (non-hydrogen) atoms. The molecule has 0 aromatic heterocycles. The van der Waals surface area contributed by atoms with Crippen LogP contribution in [0.3, 0.4) is 0 Å². The lowest BCUT2D eigenvalue weighted by molar-refractivity contribution is -0.150. The number of imide groups is 1. The van der Waals surface area contributed by atoms with Crippen molar-refractivity contribution in [3.8, 4) is 0 Å². The predicted molar refractivity (Wildman–Crippen MR) is 100 cm³/mol. The maximum Gasteiger partial charge on any atom is 0.250 e. The minimum atomic E-state index is -1.14. The van der Waals surface area contributed by atoms with Gasteiger partial charge in [0.15, 0.2) is 0 Å². The monoisotopic (exact) mass is 387 g/mol. The molecule has 0 unspecified atom stereocenters. The van der Waals surface area contributed by atoms with Crippen molar-refractivity contribution in [2.45, 2.75) is 50.7 Å². The summed E-state index contributed by atoms with van der Waals surface area (Å²) in [6.45, 7) is 6.29. The van der Waals surface area contributed by atoms with Gasteiger partial charge in [0.1, 0.15) is 5.54 Å². The summed E-state index contributed by atoms with van der Waals surface area (Å²) >= 11 is 6.26. The number of benzene rings is 1. The van der Waals surface area contributed by atoms with E-state index in [-0.39, 0.29) is 23.8 Å². The standard InChI is InChI=1S/C20H22ClN3O3/c1-19(2,3)24-16(25)14-13-5-4-8-23(13)20(15(14)17(24)26)11-9-10(21)6-7-12(11)22-18(20)27/h6-7,9,13-15H,4-5,8H2,1-3H3,(H,22,27)/t13-,14-,15+,20+/m1/s1. The molecule has 142 valence electrons. The van der Waals surface area contributed by atoms with Gasteiger partial charge in [-0.3, -0.25) is 24.2 Å². The normalized spacial score (nSPS) is 35.0. The lowest BCUT2D eigenvalue weighted by Gasteiger charge is -2.38. The first kappa shape index (κ1) is 17.2. The number of amides is 3. The first-order valence-corrected chi connectivity index (χ1v) is 9.83. The Labute approximate surface area is 162 Å². The summed E-state index contributed by atoms with van der Waals surface area (Å²) in [6, 6.07) is 5.21. The smallest absolute Gasteiger partial charge is 0.250 e. The van der Waals surface area contributed by atoms with E-state index in [1.807, 2.05) is 20.8 Å². The number of hydrogen-bond donors (Lipinski definition) is 1. The van der Waals surface area contributed by atoms with Crippen LogP contribution in [0.25, 0.3) is 0 Å². The van der Waals surface area contributed by atoms with Crippen LogP contribution in [0.15, 0.2) is 18.2 Å². The summed E-state index contributed by atoms with van der Waals surface area (Å²) < 4.78 is 0. The highest BCUT2D eigenvalue weighted by molar-refractivity contribution is 6.31. The molecule has 1 N–H and O–H groups in total. The predicted octanol–water partition coefficient (Wildman–Crippen LogP) is 2.37.